The van der Waals surface area contributed by atoms with Gasteiger partial charge >= 0.3 is 0 Å². The second kappa shape index (κ2) is 7.07. The summed E-state index contributed by atoms with van der Waals surface area (Å²) in [6, 6.07) is 4.98. The molecule has 0 aromatic heterocycles. The third kappa shape index (κ3) is 3.79. The van der Waals surface area contributed by atoms with Gasteiger partial charge in [0.2, 0.25) is 11.8 Å². The lowest BCUT2D eigenvalue weighted by Gasteiger charge is -2.40. The Kier molecular flexibility index (Phi) is 5.09. The maximum atomic E-state index is 12.2. The van der Waals surface area contributed by atoms with E-state index in [4.69, 9.17) is 23.2 Å². The van der Waals surface area contributed by atoms with Crippen molar-refractivity contribution in [2.75, 3.05) is 5.32 Å². The van der Waals surface area contributed by atoms with E-state index in [0.29, 0.717) is 15.7 Å². The van der Waals surface area contributed by atoms with Gasteiger partial charge in [0.05, 0.1) is 28.2 Å². The predicted molar refractivity (Wildman–Crippen MR) is 90.8 cm³/mol. The number of hydrogen-bond donors (Lipinski definition) is 3. The summed E-state index contributed by atoms with van der Waals surface area (Å²) in [5, 5.41) is 9.74. The third-order valence-corrected chi connectivity index (χ3v) is 5.26. The Balaban J connectivity index is 1.61. The van der Waals surface area contributed by atoms with Crippen LogP contribution in [0.3, 0.4) is 0 Å². The van der Waals surface area contributed by atoms with Crippen molar-refractivity contribution >= 4 is 40.7 Å². The molecule has 3 rings (SSSR count). The van der Waals surface area contributed by atoms with Crippen molar-refractivity contribution in [2.45, 2.75) is 50.2 Å². The standard InChI is InChI=1S/C16H19Cl2N3O2/c17-9-4-3-7-12(15(9)18)20-14(22)8-13-16(23)21-11-6-2-1-5-10(11)19-13/h3-4,7,10-11,13,19H,1-2,5-6,8H2,(H,20,22)(H,21,23)/t10-,11+,13-/m1/s1. The van der Waals surface area contributed by atoms with Crippen LogP contribution in [0.4, 0.5) is 5.69 Å². The molecule has 1 aliphatic heterocycles. The molecule has 1 saturated heterocycles. The maximum Gasteiger partial charge on any atom is 0.237 e. The number of nitrogens with one attached hydrogen (secondary N) is 3. The number of halogens is 2. The molecule has 0 unspecified atom stereocenters. The van der Waals surface area contributed by atoms with Gasteiger partial charge in [0.15, 0.2) is 0 Å². The molecule has 1 saturated carbocycles. The van der Waals surface area contributed by atoms with Crippen LogP contribution in [-0.2, 0) is 9.59 Å². The van der Waals surface area contributed by atoms with Crippen LogP contribution in [0.25, 0.3) is 0 Å². The normalized spacial score (nSPS) is 27.0. The summed E-state index contributed by atoms with van der Waals surface area (Å²) in [4.78, 5) is 24.4. The van der Waals surface area contributed by atoms with Crippen molar-refractivity contribution in [2.24, 2.45) is 0 Å². The summed E-state index contributed by atoms with van der Waals surface area (Å²) >= 11 is 12.0. The number of fused-ring (bicyclic) bond motifs is 1. The monoisotopic (exact) mass is 355 g/mol. The van der Waals surface area contributed by atoms with E-state index in [1.54, 1.807) is 18.2 Å². The van der Waals surface area contributed by atoms with Crippen molar-refractivity contribution in [1.82, 2.24) is 10.6 Å². The largest absolute Gasteiger partial charge is 0.350 e. The highest BCUT2D eigenvalue weighted by Gasteiger charge is 2.36. The van der Waals surface area contributed by atoms with Crippen LogP contribution in [0.15, 0.2) is 18.2 Å². The summed E-state index contributed by atoms with van der Waals surface area (Å²) in [5.41, 5.74) is 0.455. The molecule has 1 aromatic rings. The Bertz CT molecular complexity index is 623. The van der Waals surface area contributed by atoms with Crippen LogP contribution in [-0.4, -0.2) is 29.9 Å². The summed E-state index contributed by atoms with van der Waals surface area (Å²) in [6.07, 6.45) is 4.39. The average Bonchev–Trinajstić information content (AvgIpc) is 2.52. The molecule has 2 fully saturated rings. The van der Waals surface area contributed by atoms with E-state index in [2.05, 4.69) is 16.0 Å². The Morgan fingerprint density at radius 3 is 2.74 bits per heavy atom. The van der Waals surface area contributed by atoms with Crippen molar-refractivity contribution in [3.8, 4) is 0 Å². The molecule has 5 nitrogen and oxygen atoms in total. The minimum atomic E-state index is -0.507. The van der Waals surface area contributed by atoms with Gasteiger partial charge in [0.25, 0.3) is 0 Å². The van der Waals surface area contributed by atoms with Crippen molar-refractivity contribution in [3.05, 3.63) is 28.2 Å². The van der Waals surface area contributed by atoms with E-state index < -0.39 is 6.04 Å². The number of amides is 2. The fourth-order valence-corrected chi connectivity index (χ4v) is 3.61. The lowest BCUT2D eigenvalue weighted by Crippen LogP contribution is -2.65. The Morgan fingerprint density at radius 1 is 1.22 bits per heavy atom. The molecule has 0 spiro atoms. The quantitative estimate of drug-likeness (QED) is 0.780. The van der Waals surface area contributed by atoms with Gasteiger partial charge in [-0.15, -0.1) is 0 Å². The lowest BCUT2D eigenvalue weighted by molar-refractivity contribution is -0.129. The van der Waals surface area contributed by atoms with Crippen molar-refractivity contribution in [1.29, 1.82) is 0 Å². The third-order valence-electron chi connectivity index (χ3n) is 4.44. The lowest BCUT2D eigenvalue weighted by atomic mass is 9.87. The van der Waals surface area contributed by atoms with E-state index in [1.807, 2.05) is 0 Å². The van der Waals surface area contributed by atoms with Crippen LogP contribution in [0.1, 0.15) is 32.1 Å². The number of carbonyl (C=O) groups excluding carboxylic acids is 2. The molecule has 2 amide bonds. The zero-order chi connectivity index (χ0) is 16.4. The molecule has 124 valence electrons. The Labute approximate surface area is 145 Å². The second-order valence-electron chi connectivity index (χ2n) is 6.08. The van der Waals surface area contributed by atoms with Crippen molar-refractivity contribution in [3.63, 3.8) is 0 Å². The summed E-state index contributed by atoms with van der Waals surface area (Å²) in [7, 11) is 0. The van der Waals surface area contributed by atoms with Gasteiger partial charge in [0.1, 0.15) is 0 Å². The SMILES string of the molecule is O=C(C[C@H]1N[C@@H]2CCCC[C@@H]2NC1=O)Nc1cccc(Cl)c1Cl. The molecule has 23 heavy (non-hydrogen) atoms. The molecule has 1 heterocycles. The van der Waals surface area contributed by atoms with Gasteiger partial charge < -0.3 is 16.0 Å². The maximum absolute atomic E-state index is 12.2. The summed E-state index contributed by atoms with van der Waals surface area (Å²) in [5.74, 6) is -0.378. The van der Waals surface area contributed by atoms with Gasteiger partial charge in [-0.1, -0.05) is 42.1 Å². The Morgan fingerprint density at radius 2 is 1.96 bits per heavy atom. The first-order valence-corrected chi connectivity index (χ1v) is 8.60. The minimum absolute atomic E-state index is 0.0674. The predicted octanol–water partition coefficient (Wildman–Crippen LogP) is 2.72. The van der Waals surface area contributed by atoms with E-state index in [1.165, 1.54) is 0 Å². The highest BCUT2D eigenvalue weighted by Crippen LogP contribution is 2.29. The fraction of sp³-hybridized carbons (Fsp3) is 0.500. The first-order chi connectivity index (χ1) is 11.0. The number of rotatable bonds is 3. The first kappa shape index (κ1) is 16.6. The van der Waals surface area contributed by atoms with E-state index in [0.717, 1.165) is 25.7 Å². The molecule has 2 aliphatic rings. The zero-order valence-corrected chi connectivity index (χ0v) is 14.1. The topological polar surface area (TPSA) is 70.2 Å². The van der Waals surface area contributed by atoms with Crippen LogP contribution < -0.4 is 16.0 Å². The second-order valence-corrected chi connectivity index (χ2v) is 6.86. The van der Waals surface area contributed by atoms with Gasteiger partial charge in [-0.3, -0.25) is 9.59 Å². The van der Waals surface area contributed by atoms with Crippen LogP contribution in [0, 0.1) is 0 Å². The van der Waals surface area contributed by atoms with E-state index in [-0.39, 0.29) is 30.3 Å². The summed E-state index contributed by atoms with van der Waals surface area (Å²) < 4.78 is 0. The van der Waals surface area contributed by atoms with Gasteiger partial charge in [-0.05, 0) is 25.0 Å². The number of benzene rings is 1. The molecule has 0 radical (unpaired) electrons. The zero-order valence-electron chi connectivity index (χ0n) is 12.6. The van der Waals surface area contributed by atoms with Gasteiger partial charge in [-0.25, -0.2) is 0 Å². The number of anilines is 1. The molecule has 0 bridgehead atoms. The number of carbonyl (C=O) groups is 2. The molecule has 1 aliphatic carbocycles. The number of hydrogen-bond acceptors (Lipinski definition) is 3. The first-order valence-electron chi connectivity index (χ1n) is 7.85. The molecule has 1 aromatic carbocycles. The molecular weight excluding hydrogens is 337 g/mol. The molecular formula is C16H19Cl2N3O2. The molecule has 3 N–H and O–H groups in total. The van der Waals surface area contributed by atoms with E-state index in [9.17, 15) is 9.59 Å². The smallest absolute Gasteiger partial charge is 0.237 e. The average molecular weight is 356 g/mol. The fourth-order valence-electron chi connectivity index (χ4n) is 3.26. The van der Waals surface area contributed by atoms with Gasteiger partial charge in [0, 0.05) is 12.1 Å². The summed E-state index contributed by atoms with van der Waals surface area (Å²) in [6.45, 7) is 0. The number of piperazine rings is 1. The van der Waals surface area contributed by atoms with Crippen molar-refractivity contribution < 1.29 is 9.59 Å². The minimum Gasteiger partial charge on any atom is -0.350 e. The Hall–Kier alpha value is -1.30. The molecule has 3 atom stereocenters. The van der Waals surface area contributed by atoms with Crippen LogP contribution in [0.5, 0.6) is 0 Å². The van der Waals surface area contributed by atoms with Crippen LogP contribution >= 0.6 is 23.2 Å². The van der Waals surface area contributed by atoms with Gasteiger partial charge in [-0.2, -0.15) is 0 Å². The van der Waals surface area contributed by atoms with E-state index >= 15 is 0 Å². The highest BCUT2D eigenvalue weighted by molar-refractivity contribution is 6.44. The highest BCUT2D eigenvalue weighted by atomic mass is 35.5. The molecule has 7 heteroatoms. The van der Waals surface area contributed by atoms with Crippen LogP contribution in [0.2, 0.25) is 10.0 Å².